The Hall–Kier alpha value is -2.98. The Kier molecular flexibility index (Phi) is 8.49. The average Bonchev–Trinajstić information content (AvgIpc) is 3.42. The lowest BCUT2D eigenvalue weighted by atomic mass is 10.0. The van der Waals surface area contributed by atoms with E-state index in [-0.39, 0.29) is 5.82 Å². The van der Waals surface area contributed by atoms with Gasteiger partial charge in [-0.3, -0.25) is 5.14 Å². The number of halogens is 2. The van der Waals surface area contributed by atoms with Crippen molar-refractivity contribution >= 4 is 35.1 Å². The lowest BCUT2D eigenvalue weighted by molar-refractivity contribution is 0.289. The van der Waals surface area contributed by atoms with E-state index in [0.717, 1.165) is 67.8 Å². The molecule has 2 aromatic carbocycles. The molecular weight excluding hydrogens is 509 g/mol. The van der Waals surface area contributed by atoms with E-state index in [2.05, 4.69) is 28.1 Å². The predicted octanol–water partition coefficient (Wildman–Crippen LogP) is 4.46. The lowest BCUT2D eigenvalue weighted by Gasteiger charge is -2.28. The third-order valence-corrected chi connectivity index (χ3v) is 7.47. The molecule has 0 saturated heterocycles. The predicted molar refractivity (Wildman–Crippen MR) is 152 cm³/mol. The molecule has 10 heteroatoms. The maximum atomic E-state index is 14.6. The Labute approximate surface area is 227 Å². The van der Waals surface area contributed by atoms with Crippen LogP contribution in [0.5, 0.6) is 0 Å². The second-order valence-electron chi connectivity index (χ2n) is 9.44. The van der Waals surface area contributed by atoms with Crippen LogP contribution in [-0.2, 0) is 13.0 Å². The minimum atomic E-state index is -0.299. The third kappa shape index (κ3) is 6.48. The quantitative estimate of drug-likeness (QED) is 0.102. The van der Waals surface area contributed by atoms with Crippen LogP contribution in [0.15, 0.2) is 76.4 Å². The molecule has 0 aliphatic carbocycles. The monoisotopic (exact) mass is 541 g/mol. The van der Waals surface area contributed by atoms with Crippen molar-refractivity contribution in [2.24, 2.45) is 21.8 Å². The van der Waals surface area contributed by atoms with Crippen LogP contribution in [0, 0.1) is 5.82 Å². The van der Waals surface area contributed by atoms with E-state index in [9.17, 15) is 4.39 Å². The second-order valence-corrected chi connectivity index (χ2v) is 10.6. The fraction of sp³-hybridized carbons (Fsp3) is 0.296. The molecule has 37 heavy (non-hydrogen) atoms. The maximum Gasteiger partial charge on any atom is 0.133 e. The van der Waals surface area contributed by atoms with Crippen LogP contribution in [0.1, 0.15) is 30.0 Å². The number of hydrogen-bond donors (Lipinski definition) is 3. The van der Waals surface area contributed by atoms with E-state index in [1.54, 1.807) is 13.0 Å². The van der Waals surface area contributed by atoms with E-state index in [4.69, 9.17) is 28.3 Å². The Bertz CT molecular complexity index is 1250. The van der Waals surface area contributed by atoms with E-state index < -0.39 is 0 Å². The van der Waals surface area contributed by atoms with Gasteiger partial charge in [0.2, 0.25) is 0 Å². The van der Waals surface area contributed by atoms with Crippen LogP contribution >= 0.6 is 23.5 Å². The summed E-state index contributed by atoms with van der Waals surface area (Å²) in [6.45, 7) is 13.8. The molecule has 0 aromatic heterocycles. The highest BCUT2D eigenvalue weighted by Gasteiger charge is 2.31. The highest BCUT2D eigenvalue weighted by atomic mass is 35.5. The van der Waals surface area contributed by atoms with E-state index in [1.165, 1.54) is 22.3 Å². The Balaban J connectivity index is 1.32. The molecule has 2 aromatic rings. The number of benzene rings is 2. The molecule has 7 nitrogen and oxygen atoms in total. The first-order valence-corrected chi connectivity index (χ1v) is 13.2. The van der Waals surface area contributed by atoms with Gasteiger partial charge in [-0.25, -0.2) is 15.4 Å². The molecule has 2 heterocycles. The number of allylic oxidation sites excluding steroid dienone is 1. The number of rotatable bonds is 10. The molecule has 0 fully saturated rings. The summed E-state index contributed by atoms with van der Waals surface area (Å²) in [5.74, 6) is 6.07. The summed E-state index contributed by atoms with van der Waals surface area (Å²) in [5.41, 5.74) is 12.8. The van der Waals surface area contributed by atoms with Gasteiger partial charge in [0.15, 0.2) is 0 Å². The minimum Gasteiger partial charge on any atom is -0.386 e. The van der Waals surface area contributed by atoms with Crippen molar-refractivity contribution in [3.8, 4) is 0 Å². The number of hydrogen-bond acceptors (Lipinski definition) is 7. The van der Waals surface area contributed by atoms with Crippen LogP contribution in [0.3, 0.4) is 0 Å². The van der Waals surface area contributed by atoms with E-state index >= 15 is 0 Å². The molecule has 0 amide bonds. The van der Waals surface area contributed by atoms with Crippen molar-refractivity contribution in [1.29, 1.82) is 0 Å². The number of nitrogens with two attached hydrogens (primary N) is 3. The molecule has 196 valence electrons. The number of hydrazine groups is 1. The largest absolute Gasteiger partial charge is 0.386 e. The normalized spacial score (nSPS) is 15.4. The van der Waals surface area contributed by atoms with E-state index in [1.807, 2.05) is 24.3 Å². The number of amidine groups is 1. The Morgan fingerprint density at radius 2 is 1.76 bits per heavy atom. The molecular formula is C27H33ClFN7S. The minimum absolute atomic E-state index is 0.299. The highest BCUT2D eigenvalue weighted by Crippen LogP contribution is 2.34. The first kappa shape index (κ1) is 27.1. The zero-order chi connectivity index (χ0) is 26.7. The summed E-state index contributed by atoms with van der Waals surface area (Å²) in [6.07, 6.45) is 1.62. The van der Waals surface area contributed by atoms with Crippen molar-refractivity contribution in [2.45, 2.75) is 31.2 Å². The molecule has 2 aliphatic heterocycles. The van der Waals surface area contributed by atoms with Crippen molar-refractivity contribution < 1.29 is 4.39 Å². The van der Waals surface area contributed by atoms with Gasteiger partial charge in [0.1, 0.15) is 11.7 Å². The first-order chi connectivity index (χ1) is 17.6. The second kappa shape index (κ2) is 11.6. The van der Waals surface area contributed by atoms with Crippen LogP contribution in [0.25, 0.3) is 5.70 Å². The van der Waals surface area contributed by atoms with Gasteiger partial charge in [0.05, 0.1) is 6.54 Å². The molecule has 0 radical (unpaired) electrons. The summed E-state index contributed by atoms with van der Waals surface area (Å²) in [4.78, 5) is 5.16. The van der Waals surface area contributed by atoms with Gasteiger partial charge in [0.25, 0.3) is 0 Å². The number of aryl methyl sites for hydroxylation is 1. The molecule has 2 aliphatic rings. The molecule has 0 atom stereocenters. The van der Waals surface area contributed by atoms with Crippen molar-refractivity contribution in [3.63, 3.8) is 0 Å². The Morgan fingerprint density at radius 3 is 2.38 bits per heavy atom. The number of nitrogens with zero attached hydrogens (tertiary/aromatic N) is 4. The van der Waals surface area contributed by atoms with Gasteiger partial charge in [0, 0.05) is 53.1 Å². The van der Waals surface area contributed by atoms with Crippen LogP contribution in [0.2, 0.25) is 5.02 Å². The van der Waals surface area contributed by atoms with Gasteiger partial charge in [-0.15, -0.1) is 5.10 Å². The fourth-order valence-electron chi connectivity index (χ4n) is 4.80. The first-order valence-electron chi connectivity index (χ1n) is 12.0. The van der Waals surface area contributed by atoms with Gasteiger partial charge in [-0.05, 0) is 84.3 Å². The zero-order valence-corrected chi connectivity index (χ0v) is 22.6. The summed E-state index contributed by atoms with van der Waals surface area (Å²) in [6, 6.07) is 10.9. The molecule has 0 saturated carbocycles. The fourth-order valence-corrected chi connectivity index (χ4v) is 5.32. The standard InChI is InChI=1S/C27H33ClFN7S/c1-17(4-5-20-6-7-24(28)10-21(20)16-36(31)33-19(3)30)34-12-22-14-35(15-23(22)13-34)18(2)26-9-8-25(37-32)11-27(26)29/h6-11H,1-2,4-5,12-16,31-32H2,3H3,(H2,30,33). The van der Waals surface area contributed by atoms with Gasteiger partial charge in [-0.1, -0.05) is 30.8 Å². The third-order valence-electron chi connectivity index (χ3n) is 6.71. The zero-order valence-electron chi connectivity index (χ0n) is 21.0. The maximum absolute atomic E-state index is 14.6. The molecule has 0 bridgehead atoms. The number of hydrazone groups is 1. The molecule has 0 unspecified atom stereocenters. The van der Waals surface area contributed by atoms with Crippen molar-refractivity contribution in [2.75, 3.05) is 26.2 Å². The lowest BCUT2D eigenvalue weighted by Crippen LogP contribution is -2.29. The summed E-state index contributed by atoms with van der Waals surface area (Å²) in [5, 5.41) is 11.6. The van der Waals surface area contributed by atoms with Crippen LogP contribution < -0.4 is 16.7 Å². The molecule has 4 rings (SSSR count). The van der Waals surface area contributed by atoms with Gasteiger partial charge >= 0.3 is 0 Å². The van der Waals surface area contributed by atoms with Crippen LogP contribution in [0.4, 0.5) is 4.39 Å². The SMILES string of the molecule is C=C(CCc1ccc(Cl)cc1CN(N)/N=C(/C)N)N1CC2=C(C1)CN(C(=C)c1ccc(SN)cc1F)C2. The van der Waals surface area contributed by atoms with Gasteiger partial charge < -0.3 is 15.5 Å². The highest BCUT2D eigenvalue weighted by molar-refractivity contribution is 7.97. The molecule has 6 N–H and O–H groups in total. The topological polar surface area (TPSA) is 100 Å². The average molecular weight is 542 g/mol. The van der Waals surface area contributed by atoms with Crippen LogP contribution in [-0.4, -0.2) is 46.9 Å². The van der Waals surface area contributed by atoms with Crippen molar-refractivity contribution in [3.05, 3.63) is 93.9 Å². The summed E-state index contributed by atoms with van der Waals surface area (Å²) >= 11 is 7.27. The smallest absolute Gasteiger partial charge is 0.133 e. The van der Waals surface area contributed by atoms with Crippen molar-refractivity contribution in [1.82, 2.24) is 14.9 Å². The van der Waals surface area contributed by atoms with E-state index in [0.29, 0.717) is 33.6 Å². The molecule has 0 spiro atoms. The van der Waals surface area contributed by atoms with Gasteiger partial charge in [-0.2, -0.15) is 0 Å². The summed E-state index contributed by atoms with van der Waals surface area (Å²) in [7, 11) is 0. The Morgan fingerprint density at radius 1 is 1.08 bits per heavy atom. The summed E-state index contributed by atoms with van der Waals surface area (Å²) < 4.78 is 14.6.